The van der Waals surface area contributed by atoms with Crippen molar-refractivity contribution in [1.29, 1.82) is 0 Å². The predicted octanol–water partition coefficient (Wildman–Crippen LogP) is 4.51. The number of para-hydroxylation sites is 1. The highest BCUT2D eigenvalue weighted by Gasteiger charge is 2.20. The largest absolute Gasteiger partial charge is 0.492 e. The Kier molecular flexibility index (Phi) is 7.90. The van der Waals surface area contributed by atoms with Gasteiger partial charge < -0.3 is 14.8 Å². The number of benzene rings is 1. The van der Waals surface area contributed by atoms with Crippen LogP contribution in [0.15, 0.2) is 42.7 Å². The highest BCUT2D eigenvalue weighted by Crippen LogP contribution is 2.27. The second-order valence-corrected chi connectivity index (χ2v) is 7.45. The number of nitrogens with zero attached hydrogens (tertiary/aromatic N) is 3. The molecule has 1 atom stereocenters. The fourth-order valence-corrected chi connectivity index (χ4v) is 3.24. The van der Waals surface area contributed by atoms with E-state index in [4.69, 9.17) is 21.1 Å². The van der Waals surface area contributed by atoms with Crippen molar-refractivity contribution in [2.45, 2.75) is 38.6 Å². The van der Waals surface area contributed by atoms with Crippen molar-refractivity contribution in [3.05, 3.63) is 48.3 Å². The van der Waals surface area contributed by atoms with Crippen LogP contribution in [0.4, 0.5) is 5.69 Å². The lowest BCUT2D eigenvalue weighted by Gasteiger charge is -2.14. The lowest BCUT2D eigenvalue weighted by atomic mass is 10.1. The summed E-state index contributed by atoms with van der Waals surface area (Å²) in [5, 5.41) is 8.28. The molecular formula is C22H27ClN4O3. The molecule has 7 nitrogen and oxygen atoms in total. The van der Waals surface area contributed by atoms with Crippen LogP contribution in [0.3, 0.4) is 0 Å². The van der Waals surface area contributed by atoms with E-state index in [0.29, 0.717) is 36.7 Å². The molecule has 0 fully saturated rings. The van der Waals surface area contributed by atoms with Crippen molar-refractivity contribution in [1.82, 2.24) is 14.8 Å². The number of hydrogen-bond acceptors (Lipinski definition) is 6. The second-order valence-electron chi connectivity index (χ2n) is 6.83. The van der Waals surface area contributed by atoms with E-state index in [9.17, 15) is 4.79 Å². The van der Waals surface area contributed by atoms with E-state index in [-0.39, 0.29) is 5.38 Å². The summed E-state index contributed by atoms with van der Waals surface area (Å²) in [5.74, 6) is 0.373. The Morgan fingerprint density at radius 2 is 2.03 bits per heavy atom. The topological polar surface area (TPSA) is 78.3 Å². The third-order valence-electron chi connectivity index (χ3n) is 4.54. The number of nitrogens with one attached hydrogen (secondary N) is 1. The van der Waals surface area contributed by atoms with E-state index >= 15 is 0 Å². The lowest BCUT2D eigenvalue weighted by Crippen LogP contribution is -2.19. The van der Waals surface area contributed by atoms with Crippen LogP contribution >= 0.6 is 11.6 Å². The minimum absolute atomic E-state index is 0.295. The summed E-state index contributed by atoms with van der Waals surface area (Å²) in [5.41, 5.74) is 1.77. The molecule has 0 spiro atoms. The standard InChI is InChI=1S/C22H27ClN4O3/c1-3-5-11-24-20-18-13-26-27(21(18)25-12-19(20)22(28)29-4-2)14-16(23)15-30-17-9-7-6-8-10-17/h6-10,12-13,16H,3-5,11,14-15H2,1-2H3,(H,24,25). The van der Waals surface area contributed by atoms with Crippen molar-refractivity contribution in [2.75, 3.05) is 25.1 Å². The molecule has 0 aliphatic heterocycles. The van der Waals surface area contributed by atoms with Crippen LogP contribution in [-0.2, 0) is 11.3 Å². The number of hydrogen-bond donors (Lipinski definition) is 1. The second kappa shape index (κ2) is 10.8. The molecule has 1 N–H and O–H groups in total. The van der Waals surface area contributed by atoms with Crippen molar-refractivity contribution in [3.63, 3.8) is 0 Å². The summed E-state index contributed by atoms with van der Waals surface area (Å²) in [6.45, 7) is 5.72. The van der Waals surface area contributed by atoms with E-state index in [1.165, 1.54) is 6.20 Å². The first-order chi connectivity index (χ1) is 14.6. The normalized spacial score (nSPS) is 12.0. The molecule has 0 aliphatic carbocycles. The van der Waals surface area contributed by atoms with Crippen LogP contribution in [0.1, 0.15) is 37.0 Å². The Morgan fingerprint density at radius 1 is 1.23 bits per heavy atom. The number of carbonyl (C=O) groups excluding carboxylic acids is 1. The molecule has 30 heavy (non-hydrogen) atoms. The summed E-state index contributed by atoms with van der Waals surface area (Å²) in [6.07, 6.45) is 5.28. The summed E-state index contributed by atoms with van der Waals surface area (Å²) in [7, 11) is 0. The zero-order chi connectivity index (χ0) is 21.3. The molecule has 0 bridgehead atoms. The lowest BCUT2D eigenvalue weighted by molar-refractivity contribution is 0.0527. The van der Waals surface area contributed by atoms with Gasteiger partial charge >= 0.3 is 5.97 Å². The first-order valence-electron chi connectivity index (χ1n) is 10.2. The zero-order valence-electron chi connectivity index (χ0n) is 17.3. The maximum atomic E-state index is 12.4. The van der Waals surface area contributed by atoms with Gasteiger partial charge in [-0.25, -0.2) is 14.5 Å². The van der Waals surface area contributed by atoms with Gasteiger partial charge in [-0.3, -0.25) is 0 Å². The quantitative estimate of drug-likeness (QED) is 0.274. The maximum Gasteiger partial charge on any atom is 0.341 e. The number of anilines is 1. The van der Waals surface area contributed by atoms with Crippen molar-refractivity contribution < 1.29 is 14.3 Å². The van der Waals surface area contributed by atoms with Crippen molar-refractivity contribution in [2.24, 2.45) is 0 Å². The molecule has 1 unspecified atom stereocenters. The average molecular weight is 431 g/mol. The Balaban J connectivity index is 1.79. The summed E-state index contributed by atoms with van der Waals surface area (Å²) in [6, 6.07) is 9.54. The molecule has 0 saturated heterocycles. The van der Waals surface area contributed by atoms with Gasteiger partial charge in [0, 0.05) is 12.7 Å². The minimum atomic E-state index is -0.398. The van der Waals surface area contributed by atoms with E-state index in [0.717, 1.165) is 30.5 Å². The number of esters is 1. The number of alkyl halides is 1. The van der Waals surface area contributed by atoms with E-state index in [1.54, 1.807) is 17.8 Å². The fourth-order valence-electron chi connectivity index (χ4n) is 3.05. The Bertz CT molecular complexity index is 962. The van der Waals surface area contributed by atoms with Gasteiger partial charge in [0.05, 0.1) is 35.8 Å². The Labute approximate surface area is 181 Å². The number of carbonyl (C=O) groups is 1. The molecule has 8 heteroatoms. The van der Waals surface area contributed by atoms with Gasteiger partial charge in [-0.15, -0.1) is 11.6 Å². The van der Waals surface area contributed by atoms with E-state index < -0.39 is 5.97 Å². The van der Waals surface area contributed by atoms with Crippen LogP contribution in [0.2, 0.25) is 0 Å². The molecule has 0 saturated carbocycles. The van der Waals surface area contributed by atoms with Gasteiger partial charge in [0.2, 0.25) is 0 Å². The predicted molar refractivity (Wildman–Crippen MR) is 118 cm³/mol. The SMILES string of the molecule is CCCCNc1c(C(=O)OCC)cnc2c1cnn2CC(Cl)COc1ccccc1. The van der Waals surface area contributed by atoms with Crippen LogP contribution < -0.4 is 10.1 Å². The fraction of sp³-hybridized carbons (Fsp3) is 0.409. The number of halogens is 1. The van der Waals surface area contributed by atoms with Crippen LogP contribution in [0.5, 0.6) is 5.75 Å². The molecule has 2 aromatic heterocycles. The summed E-state index contributed by atoms with van der Waals surface area (Å²) >= 11 is 6.48. The molecule has 3 rings (SSSR count). The smallest absolute Gasteiger partial charge is 0.341 e. The molecular weight excluding hydrogens is 404 g/mol. The number of pyridine rings is 1. The molecule has 2 heterocycles. The molecule has 0 amide bonds. The highest BCUT2D eigenvalue weighted by atomic mass is 35.5. The zero-order valence-corrected chi connectivity index (χ0v) is 18.1. The van der Waals surface area contributed by atoms with E-state index in [2.05, 4.69) is 22.3 Å². The first kappa shape index (κ1) is 21.9. The Morgan fingerprint density at radius 3 is 2.77 bits per heavy atom. The first-order valence-corrected chi connectivity index (χ1v) is 10.6. The third kappa shape index (κ3) is 5.42. The van der Waals surface area contributed by atoms with Gasteiger partial charge in [0.15, 0.2) is 5.65 Å². The van der Waals surface area contributed by atoms with Gasteiger partial charge in [-0.05, 0) is 25.5 Å². The Hall–Kier alpha value is -2.80. The minimum Gasteiger partial charge on any atom is -0.492 e. The van der Waals surface area contributed by atoms with Gasteiger partial charge in [0.25, 0.3) is 0 Å². The molecule has 160 valence electrons. The summed E-state index contributed by atoms with van der Waals surface area (Å²) in [4.78, 5) is 16.8. The molecule has 0 radical (unpaired) electrons. The van der Waals surface area contributed by atoms with E-state index in [1.807, 2.05) is 30.3 Å². The number of aromatic nitrogens is 3. The molecule has 3 aromatic rings. The number of fused-ring (bicyclic) bond motifs is 1. The van der Waals surface area contributed by atoms with Crippen LogP contribution in [0.25, 0.3) is 11.0 Å². The average Bonchev–Trinajstić information content (AvgIpc) is 3.16. The molecule has 1 aromatic carbocycles. The monoisotopic (exact) mass is 430 g/mol. The van der Waals surface area contributed by atoms with Crippen LogP contribution in [-0.4, -0.2) is 45.9 Å². The number of unbranched alkanes of at least 4 members (excludes halogenated alkanes) is 1. The highest BCUT2D eigenvalue weighted by molar-refractivity contribution is 6.20. The summed E-state index contributed by atoms with van der Waals surface area (Å²) < 4.78 is 12.7. The van der Waals surface area contributed by atoms with Crippen molar-refractivity contribution >= 4 is 34.3 Å². The van der Waals surface area contributed by atoms with Crippen molar-refractivity contribution in [3.8, 4) is 5.75 Å². The van der Waals surface area contributed by atoms with Gasteiger partial charge in [-0.1, -0.05) is 31.5 Å². The van der Waals surface area contributed by atoms with Crippen LogP contribution in [0, 0.1) is 0 Å². The number of rotatable bonds is 11. The third-order valence-corrected chi connectivity index (χ3v) is 4.80. The van der Waals surface area contributed by atoms with Gasteiger partial charge in [0.1, 0.15) is 17.9 Å². The molecule has 0 aliphatic rings. The van der Waals surface area contributed by atoms with Gasteiger partial charge in [-0.2, -0.15) is 5.10 Å². The maximum absolute atomic E-state index is 12.4. The number of ether oxygens (including phenoxy) is 2.